The Hall–Kier alpha value is -1.92. The summed E-state index contributed by atoms with van der Waals surface area (Å²) in [5.74, 6) is 1.10. The number of nitrogens with zero attached hydrogens (tertiary/aromatic N) is 5. The van der Waals surface area contributed by atoms with Crippen molar-refractivity contribution in [2.45, 2.75) is 12.6 Å². The van der Waals surface area contributed by atoms with Gasteiger partial charge in [-0.1, -0.05) is 11.2 Å². The van der Waals surface area contributed by atoms with Crippen molar-refractivity contribution in [3.63, 3.8) is 0 Å². The molecule has 0 aromatic carbocycles. The molecular formula is C16H21N5O. The number of aromatic nitrogens is 2. The van der Waals surface area contributed by atoms with Gasteiger partial charge in [-0.2, -0.15) is 0 Å². The van der Waals surface area contributed by atoms with Crippen LogP contribution in [0.3, 0.4) is 0 Å². The fourth-order valence-corrected chi connectivity index (χ4v) is 3.31. The molecular weight excluding hydrogens is 278 g/mol. The van der Waals surface area contributed by atoms with E-state index in [4.69, 9.17) is 4.52 Å². The van der Waals surface area contributed by atoms with E-state index in [-0.39, 0.29) is 0 Å². The number of piperazine rings is 1. The van der Waals surface area contributed by atoms with Crippen molar-refractivity contribution in [2.24, 2.45) is 0 Å². The van der Waals surface area contributed by atoms with E-state index in [0.717, 1.165) is 57.3 Å². The van der Waals surface area contributed by atoms with Gasteiger partial charge in [0.2, 0.25) is 0 Å². The molecule has 0 amide bonds. The predicted molar refractivity (Wildman–Crippen MR) is 83.6 cm³/mol. The second kappa shape index (κ2) is 6.06. The van der Waals surface area contributed by atoms with E-state index < -0.39 is 0 Å². The van der Waals surface area contributed by atoms with Crippen molar-refractivity contribution in [1.82, 2.24) is 19.9 Å². The smallest absolute Gasteiger partial charge is 0.128 e. The first-order valence-corrected chi connectivity index (χ1v) is 7.90. The average Bonchev–Trinajstić information content (AvgIpc) is 3.05. The zero-order valence-corrected chi connectivity index (χ0v) is 12.6. The highest BCUT2D eigenvalue weighted by Crippen LogP contribution is 2.20. The molecule has 4 rings (SSSR count). The molecule has 0 bridgehead atoms. The molecule has 0 radical (unpaired) electrons. The summed E-state index contributed by atoms with van der Waals surface area (Å²) in [6, 6.07) is 8.76. The Morgan fingerprint density at radius 1 is 1.09 bits per heavy atom. The van der Waals surface area contributed by atoms with Gasteiger partial charge in [0.05, 0.1) is 5.69 Å². The molecule has 0 spiro atoms. The molecule has 6 heteroatoms. The Kier molecular flexibility index (Phi) is 3.78. The van der Waals surface area contributed by atoms with Crippen molar-refractivity contribution in [3.8, 4) is 0 Å². The van der Waals surface area contributed by atoms with E-state index >= 15 is 0 Å². The zero-order valence-electron chi connectivity index (χ0n) is 12.6. The van der Waals surface area contributed by atoms with Crippen LogP contribution in [0.4, 0.5) is 5.82 Å². The highest BCUT2D eigenvalue weighted by molar-refractivity contribution is 5.38. The van der Waals surface area contributed by atoms with Gasteiger partial charge in [-0.3, -0.25) is 9.80 Å². The van der Waals surface area contributed by atoms with Crippen molar-refractivity contribution < 1.29 is 4.52 Å². The van der Waals surface area contributed by atoms with Crippen LogP contribution in [0.25, 0.3) is 0 Å². The molecule has 22 heavy (non-hydrogen) atoms. The van der Waals surface area contributed by atoms with E-state index in [1.54, 1.807) is 6.26 Å². The number of anilines is 1. The van der Waals surface area contributed by atoms with Gasteiger partial charge in [-0.05, 0) is 12.1 Å². The van der Waals surface area contributed by atoms with Gasteiger partial charge < -0.3 is 9.42 Å². The lowest BCUT2D eigenvalue weighted by Crippen LogP contribution is -2.62. The summed E-state index contributed by atoms with van der Waals surface area (Å²) in [4.78, 5) is 11.9. The van der Waals surface area contributed by atoms with E-state index in [2.05, 4.69) is 37.0 Å². The minimum atomic E-state index is 0.692. The van der Waals surface area contributed by atoms with Gasteiger partial charge in [0.25, 0.3) is 0 Å². The predicted octanol–water partition coefficient (Wildman–Crippen LogP) is 1.08. The Bertz CT molecular complexity index is 574. The van der Waals surface area contributed by atoms with Crippen LogP contribution in [-0.2, 0) is 6.54 Å². The summed E-state index contributed by atoms with van der Waals surface area (Å²) in [5.41, 5.74) is 1.03. The lowest BCUT2D eigenvalue weighted by molar-refractivity contribution is 0.0243. The first kappa shape index (κ1) is 13.7. The molecule has 0 atom stereocenters. The van der Waals surface area contributed by atoms with Crippen LogP contribution in [0.5, 0.6) is 0 Å². The number of rotatable bonds is 4. The molecule has 4 heterocycles. The van der Waals surface area contributed by atoms with E-state index in [0.29, 0.717) is 6.04 Å². The number of likely N-dealkylation sites (tertiary alicyclic amines) is 1. The topological polar surface area (TPSA) is 48.6 Å². The fraction of sp³-hybridized carbons (Fsp3) is 0.500. The van der Waals surface area contributed by atoms with Crippen LogP contribution in [0.2, 0.25) is 0 Å². The van der Waals surface area contributed by atoms with Crippen LogP contribution in [0.15, 0.2) is 41.2 Å². The largest absolute Gasteiger partial charge is 0.364 e. The maximum atomic E-state index is 4.88. The molecule has 0 saturated carbocycles. The molecule has 2 aliphatic rings. The molecule has 2 aliphatic heterocycles. The maximum absolute atomic E-state index is 4.88. The Balaban J connectivity index is 1.24. The molecule has 2 aromatic heterocycles. The lowest BCUT2D eigenvalue weighted by Gasteiger charge is -2.48. The second-order valence-electron chi connectivity index (χ2n) is 6.05. The van der Waals surface area contributed by atoms with Crippen molar-refractivity contribution >= 4 is 5.82 Å². The van der Waals surface area contributed by atoms with Crippen LogP contribution in [0, 0.1) is 0 Å². The summed E-state index contributed by atoms with van der Waals surface area (Å²) in [6.07, 6.45) is 3.51. The summed E-state index contributed by atoms with van der Waals surface area (Å²) in [7, 11) is 0. The zero-order chi connectivity index (χ0) is 14.8. The fourth-order valence-electron chi connectivity index (χ4n) is 3.31. The molecule has 2 fully saturated rings. The average molecular weight is 299 g/mol. The Labute approximate surface area is 130 Å². The molecule has 116 valence electrons. The van der Waals surface area contributed by atoms with Gasteiger partial charge in [0.15, 0.2) is 0 Å². The standard InChI is InChI=1S/C16H21N5O/c1-2-5-17-16(3-1)21-8-6-20(7-9-21)15-12-19(13-15)11-14-4-10-22-18-14/h1-5,10,15H,6-9,11-13H2. The van der Waals surface area contributed by atoms with E-state index in [1.165, 1.54) is 0 Å². The van der Waals surface area contributed by atoms with Crippen LogP contribution >= 0.6 is 0 Å². The van der Waals surface area contributed by atoms with E-state index in [9.17, 15) is 0 Å². The summed E-state index contributed by atoms with van der Waals surface area (Å²) in [6.45, 7) is 7.56. The highest BCUT2D eigenvalue weighted by Gasteiger charge is 2.33. The highest BCUT2D eigenvalue weighted by atomic mass is 16.5. The first-order chi connectivity index (χ1) is 10.9. The van der Waals surface area contributed by atoms with Gasteiger partial charge in [0, 0.05) is 64.1 Å². The third kappa shape index (κ3) is 2.84. The Morgan fingerprint density at radius 2 is 1.95 bits per heavy atom. The first-order valence-electron chi connectivity index (χ1n) is 7.90. The monoisotopic (exact) mass is 299 g/mol. The summed E-state index contributed by atoms with van der Waals surface area (Å²) < 4.78 is 4.88. The normalized spacial score (nSPS) is 21.0. The maximum Gasteiger partial charge on any atom is 0.128 e. The summed E-state index contributed by atoms with van der Waals surface area (Å²) >= 11 is 0. The summed E-state index contributed by atoms with van der Waals surface area (Å²) in [5, 5.41) is 3.98. The van der Waals surface area contributed by atoms with Crippen molar-refractivity contribution in [2.75, 3.05) is 44.2 Å². The molecule has 0 N–H and O–H groups in total. The quantitative estimate of drug-likeness (QED) is 0.842. The van der Waals surface area contributed by atoms with Crippen LogP contribution in [0.1, 0.15) is 5.69 Å². The van der Waals surface area contributed by atoms with Gasteiger partial charge >= 0.3 is 0 Å². The van der Waals surface area contributed by atoms with Gasteiger partial charge in [-0.15, -0.1) is 0 Å². The molecule has 2 aromatic rings. The van der Waals surface area contributed by atoms with Crippen LogP contribution < -0.4 is 4.90 Å². The van der Waals surface area contributed by atoms with Crippen molar-refractivity contribution in [3.05, 3.63) is 42.4 Å². The Morgan fingerprint density at radius 3 is 2.64 bits per heavy atom. The van der Waals surface area contributed by atoms with E-state index in [1.807, 2.05) is 18.3 Å². The number of pyridine rings is 1. The molecule has 2 saturated heterocycles. The van der Waals surface area contributed by atoms with Gasteiger partial charge in [-0.25, -0.2) is 4.98 Å². The van der Waals surface area contributed by atoms with Crippen molar-refractivity contribution in [1.29, 1.82) is 0 Å². The SMILES string of the molecule is c1ccc(N2CCN(C3CN(Cc4ccon4)C3)CC2)nc1. The minimum Gasteiger partial charge on any atom is -0.364 e. The number of hydrogen-bond donors (Lipinski definition) is 0. The van der Waals surface area contributed by atoms with Gasteiger partial charge in [0.1, 0.15) is 12.1 Å². The lowest BCUT2D eigenvalue weighted by atomic mass is 10.1. The second-order valence-corrected chi connectivity index (χ2v) is 6.05. The molecule has 6 nitrogen and oxygen atoms in total. The minimum absolute atomic E-state index is 0.692. The number of hydrogen-bond acceptors (Lipinski definition) is 6. The third-order valence-corrected chi connectivity index (χ3v) is 4.62. The third-order valence-electron chi connectivity index (χ3n) is 4.62. The molecule has 0 aliphatic carbocycles. The molecule has 0 unspecified atom stereocenters. The van der Waals surface area contributed by atoms with Crippen LogP contribution in [-0.4, -0.2) is 65.3 Å².